The molecule has 0 radical (unpaired) electrons. The third-order valence-corrected chi connectivity index (χ3v) is 5.57. The fourth-order valence-electron chi connectivity index (χ4n) is 3.95. The third kappa shape index (κ3) is 4.39. The van der Waals surface area contributed by atoms with Crippen LogP contribution in [0.3, 0.4) is 0 Å². The summed E-state index contributed by atoms with van der Waals surface area (Å²) in [5, 5.41) is 3.51. The van der Waals surface area contributed by atoms with Gasteiger partial charge in [0.25, 0.3) is 0 Å². The molecule has 1 fully saturated rings. The number of benzene rings is 1. The lowest BCUT2D eigenvalue weighted by molar-refractivity contribution is 0.0874. The molecule has 0 saturated carbocycles. The van der Waals surface area contributed by atoms with Crippen molar-refractivity contribution in [1.82, 2.24) is 24.8 Å². The first-order chi connectivity index (χ1) is 15.8. The monoisotopic (exact) mass is 428 g/mol. The Morgan fingerprint density at radius 3 is 2.97 bits per heavy atom. The number of likely N-dealkylation sites (tertiary alicyclic amines) is 1. The molecule has 1 aliphatic rings. The standard InChI is InChI=1S/C24H24N6O2/c31-24(32-16-17-6-2-1-3-7-17)30-13-5-8-18(15-30)28-22-19(9-4-11-25-22)21-14-27-23-20(29-21)10-12-26-23/h1-4,6-7,9-12,14,18H,5,8,13,15-16H2,(H,25,28)(H,26,27)/t18-/m0/s1. The van der Waals surface area contributed by atoms with Gasteiger partial charge >= 0.3 is 6.09 Å². The highest BCUT2D eigenvalue weighted by Gasteiger charge is 2.25. The van der Waals surface area contributed by atoms with Crippen molar-refractivity contribution in [3.63, 3.8) is 0 Å². The topological polar surface area (TPSA) is 96.0 Å². The summed E-state index contributed by atoms with van der Waals surface area (Å²) in [6.07, 6.45) is 6.88. The molecule has 1 aromatic carbocycles. The molecule has 4 aromatic rings. The van der Waals surface area contributed by atoms with E-state index >= 15 is 0 Å². The van der Waals surface area contributed by atoms with Gasteiger partial charge in [-0.1, -0.05) is 30.3 Å². The summed E-state index contributed by atoms with van der Waals surface area (Å²) in [5.41, 5.74) is 4.17. The molecule has 8 nitrogen and oxygen atoms in total. The average molecular weight is 428 g/mol. The van der Waals surface area contributed by atoms with Crippen molar-refractivity contribution in [3.05, 3.63) is 72.7 Å². The minimum Gasteiger partial charge on any atom is -0.445 e. The van der Waals surface area contributed by atoms with Gasteiger partial charge in [-0.05, 0) is 36.6 Å². The minimum absolute atomic E-state index is 0.0747. The van der Waals surface area contributed by atoms with E-state index in [1.807, 2.05) is 54.7 Å². The zero-order chi connectivity index (χ0) is 21.8. The Morgan fingerprint density at radius 1 is 1.16 bits per heavy atom. The molecule has 0 spiro atoms. The predicted molar refractivity (Wildman–Crippen MR) is 122 cm³/mol. The second kappa shape index (κ2) is 9.05. The van der Waals surface area contributed by atoms with Crippen LogP contribution < -0.4 is 5.32 Å². The lowest BCUT2D eigenvalue weighted by Gasteiger charge is -2.33. The largest absolute Gasteiger partial charge is 0.445 e. The molecule has 0 aliphatic carbocycles. The van der Waals surface area contributed by atoms with Gasteiger partial charge in [0.2, 0.25) is 0 Å². The highest BCUT2D eigenvalue weighted by molar-refractivity contribution is 5.78. The first-order valence-corrected chi connectivity index (χ1v) is 10.7. The molecule has 5 rings (SSSR count). The summed E-state index contributed by atoms with van der Waals surface area (Å²) in [4.78, 5) is 31.1. The second-order valence-corrected chi connectivity index (χ2v) is 7.84. The number of piperidine rings is 1. The molecule has 162 valence electrons. The van der Waals surface area contributed by atoms with E-state index in [1.54, 1.807) is 17.3 Å². The summed E-state index contributed by atoms with van der Waals surface area (Å²) < 4.78 is 5.51. The third-order valence-electron chi connectivity index (χ3n) is 5.57. The fourth-order valence-corrected chi connectivity index (χ4v) is 3.95. The van der Waals surface area contributed by atoms with Gasteiger partial charge in [-0.3, -0.25) is 0 Å². The van der Waals surface area contributed by atoms with E-state index in [0.29, 0.717) is 13.1 Å². The highest BCUT2D eigenvalue weighted by Crippen LogP contribution is 2.27. The number of amides is 1. The van der Waals surface area contributed by atoms with Crippen LogP contribution in [0.5, 0.6) is 0 Å². The molecule has 0 unspecified atom stereocenters. The molecule has 8 heteroatoms. The maximum Gasteiger partial charge on any atom is 0.410 e. The highest BCUT2D eigenvalue weighted by atomic mass is 16.6. The van der Waals surface area contributed by atoms with Gasteiger partial charge in [0.15, 0.2) is 5.65 Å². The van der Waals surface area contributed by atoms with Gasteiger partial charge in [0.05, 0.1) is 11.9 Å². The Kier molecular flexibility index (Phi) is 5.65. The number of fused-ring (bicyclic) bond motifs is 1. The van der Waals surface area contributed by atoms with E-state index in [9.17, 15) is 4.79 Å². The van der Waals surface area contributed by atoms with Crippen molar-refractivity contribution in [2.75, 3.05) is 18.4 Å². The van der Waals surface area contributed by atoms with Crippen LogP contribution in [-0.2, 0) is 11.3 Å². The number of ether oxygens (including phenoxy) is 1. The minimum atomic E-state index is -0.287. The predicted octanol–water partition coefficient (Wildman–Crippen LogP) is 4.23. The number of nitrogens with one attached hydrogen (secondary N) is 2. The Labute approximate surface area is 185 Å². The first kappa shape index (κ1) is 20.0. The Bertz CT molecular complexity index is 1210. The number of anilines is 1. The number of aromatic nitrogens is 4. The number of pyridine rings is 1. The molecular formula is C24H24N6O2. The summed E-state index contributed by atoms with van der Waals surface area (Å²) in [6, 6.07) is 15.6. The molecule has 0 bridgehead atoms. The number of aromatic amines is 1. The number of rotatable bonds is 5. The van der Waals surface area contributed by atoms with E-state index < -0.39 is 0 Å². The Hall–Kier alpha value is -3.94. The van der Waals surface area contributed by atoms with Crippen LogP contribution in [0.15, 0.2) is 67.1 Å². The summed E-state index contributed by atoms with van der Waals surface area (Å²) in [6.45, 7) is 1.53. The van der Waals surface area contributed by atoms with Crippen molar-refractivity contribution < 1.29 is 9.53 Å². The lowest BCUT2D eigenvalue weighted by atomic mass is 10.1. The van der Waals surface area contributed by atoms with Gasteiger partial charge in [-0.2, -0.15) is 0 Å². The molecule has 3 aromatic heterocycles. The fraction of sp³-hybridized carbons (Fsp3) is 0.250. The second-order valence-electron chi connectivity index (χ2n) is 7.84. The molecule has 2 N–H and O–H groups in total. The lowest BCUT2D eigenvalue weighted by Crippen LogP contribution is -2.45. The molecular weight excluding hydrogens is 404 g/mol. The summed E-state index contributed by atoms with van der Waals surface area (Å²) >= 11 is 0. The van der Waals surface area contributed by atoms with E-state index in [1.165, 1.54) is 0 Å². The SMILES string of the molecule is O=C(OCc1ccccc1)N1CCC[C@H](Nc2ncccc2-c2cnc3[nH]ccc3n2)C1. The van der Waals surface area contributed by atoms with Gasteiger partial charge in [-0.15, -0.1) is 0 Å². The van der Waals surface area contributed by atoms with Crippen LogP contribution in [0.4, 0.5) is 10.6 Å². The number of H-pyrrole nitrogens is 1. The molecule has 4 heterocycles. The van der Waals surface area contributed by atoms with Crippen molar-refractivity contribution in [1.29, 1.82) is 0 Å². The Morgan fingerprint density at radius 2 is 2.06 bits per heavy atom. The molecule has 1 saturated heterocycles. The van der Waals surface area contributed by atoms with Crippen molar-refractivity contribution in [2.24, 2.45) is 0 Å². The maximum absolute atomic E-state index is 12.6. The van der Waals surface area contributed by atoms with E-state index in [4.69, 9.17) is 9.72 Å². The maximum atomic E-state index is 12.6. The van der Waals surface area contributed by atoms with Crippen LogP contribution in [0, 0.1) is 0 Å². The van der Waals surface area contributed by atoms with Gasteiger partial charge < -0.3 is 19.9 Å². The van der Waals surface area contributed by atoms with Crippen LogP contribution >= 0.6 is 0 Å². The molecule has 32 heavy (non-hydrogen) atoms. The number of carbonyl (C=O) groups is 1. The van der Waals surface area contributed by atoms with Crippen LogP contribution in [0.2, 0.25) is 0 Å². The Balaban J connectivity index is 1.26. The number of nitrogens with zero attached hydrogens (tertiary/aromatic N) is 4. The normalized spacial score (nSPS) is 16.1. The number of hydrogen-bond donors (Lipinski definition) is 2. The van der Waals surface area contributed by atoms with Crippen LogP contribution in [0.1, 0.15) is 18.4 Å². The van der Waals surface area contributed by atoms with E-state index in [-0.39, 0.29) is 18.7 Å². The van der Waals surface area contributed by atoms with Crippen molar-refractivity contribution in [3.8, 4) is 11.3 Å². The van der Waals surface area contributed by atoms with Gasteiger partial charge in [-0.25, -0.2) is 19.7 Å². The molecule has 1 aliphatic heterocycles. The quantitative estimate of drug-likeness (QED) is 0.494. The zero-order valence-electron chi connectivity index (χ0n) is 17.6. The first-order valence-electron chi connectivity index (χ1n) is 10.7. The molecule has 1 amide bonds. The number of carbonyl (C=O) groups excluding carboxylic acids is 1. The average Bonchev–Trinajstić information content (AvgIpc) is 3.32. The van der Waals surface area contributed by atoms with Crippen molar-refractivity contribution >= 4 is 23.1 Å². The van der Waals surface area contributed by atoms with E-state index in [0.717, 1.165) is 46.6 Å². The van der Waals surface area contributed by atoms with Crippen LogP contribution in [0.25, 0.3) is 22.4 Å². The molecule has 1 atom stereocenters. The van der Waals surface area contributed by atoms with Crippen molar-refractivity contribution in [2.45, 2.75) is 25.5 Å². The van der Waals surface area contributed by atoms with Gasteiger partial charge in [0, 0.05) is 37.1 Å². The smallest absolute Gasteiger partial charge is 0.410 e. The van der Waals surface area contributed by atoms with Gasteiger partial charge in [0.1, 0.15) is 17.9 Å². The van der Waals surface area contributed by atoms with E-state index in [2.05, 4.69) is 20.3 Å². The number of hydrogen-bond acceptors (Lipinski definition) is 6. The van der Waals surface area contributed by atoms with Crippen LogP contribution in [-0.4, -0.2) is 50.1 Å². The summed E-state index contributed by atoms with van der Waals surface area (Å²) in [7, 11) is 0. The zero-order valence-corrected chi connectivity index (χ0v) is 17.6. The summed E-state index contributed by atoms with van der Waals surface area (Å²) in [5.74, 6) is 0.737.